The van der Waals surface area contributed by atoms with Crippen LogP contribution in [0, 0.1) is 27.7 Å². The number of hydrogen-bond donors (Lipinski definition) is 1. The summed E-state index contributed by atoms with van der Waals surface area (Å²) < 4.78 is 7.38. The lowest BCUT2D eigenvalue weighted by atomic mass is 10.1. The number of pyridine rings is 1. The zero-order valence-electron chi connectivity index (χ0n) is 17.0. The minimum Gasteiger partial charge on any atom is -0.496 e. The second-order valence-corrected chi connectivity index (χ2v) is 7.01. The van der Waals surface area contributed by atoms with Crippen molar-refractivity contribution >= 4 is 5.91 Å². The fraction of sp³-hybridized carbons (Fsp3) is 0.318. The van der Waals surface area contributed by atoms with Crippen LogP contribution < -0.4 is 10.1 Å². The Kier molecular flexibility index (Phi) is 5.78. The smallest absolute Gasteiger partial charge is 0.251 e. The molecule has 2 aromatic heterocycles. The monoisotopic (exact) mass is 378 g/mol. The van der Waals surface area contributed by atoms with Crippen LogP contribution in [-0.2, 0) is 13.1 Å². The van der Waals surface area contributed by atoms with E-state index >= 15 is 0 Å². The lowest BCUT2D eigenvalue weighted by Crippen LogP contribution is -2.24. The Morgan fingerprint density at radius 2 is 1.86 bits per heavy atom. The van der Waals surface area contributed by atoms with E-state index in [-0.39, 0.29) is 5.91 Å². The molecule has 0 saturated heterocycles. The fourth-order valence-electron chi connectivity index (χ4n) is 3.28. The van der Waals surface area contributed by atoms with Gasteiger partial charge in [-0.1, -0.05) is 12.1 Å². The van der Waals surface area contributed by atoms with E-state index in [0.717, 1.165) is 39.5 Å². The van der Waals surface area contributed by atoms with Gasteiger partial charge in [0.1, 0.15) is 5.75 Å². The molecule has 0 aliphatic rings. The van der Waals surface area contributed by atoms with Crippen molar-refractivity contribution in [3.05, 3.63) is 75.9 Å². The quantitative estimate of drug-likeness (QED) is 0.713. The standard InChI is InChI=1S/C22H26N4O2/c1-14-11-23-20(17(4)21(14)28-5)12-24-22(27)19-8-6-18(7-9-19)13-26-16(3)10-15(2)25-26/h6-11H,12-13H2,1-5H3,(H,24,27). The highest BCUT2D eigenvalue weighted by molar-refractivity contribution is 5.94. The molecule has 0 atom stereocenters. The summed E-state index contributed by atoms with van der Waals surface area (Å²) >= 11 is 0. The molecule has 6 heteroatoms. The zero-order valence-corrected chi connectivity index (χ0v) is 17.0. The Bertz CT molecular complexity index is 991. The fourth-order valence-corrected chi connectivity index (χ4v) is 3.28. The van der Waals surface area contributed by atoms with Gasteiger partial charge in [-0.3, -0.25) is 14.5 Å². The molecule has 3 rings (SSSR count). The van der Waals surface area contributed by atoms with Gasteiger partial charge < -0.3 is 10.1 Å². The summed E-state index contributed by atoms with van der Waals surface area (Å²) in [5.41, 5.74) is 6.58. The molecule has 0 aliphatic heterocycles. The number of ether oxygens (including phenoxy) is 1. The van der Waals surface area contributed by atoms with Gasteiger partial charge in [-0.15, -0.1) is 0 Å². The topological polar surface area (TPSA) is 69.0 Å². The molecule has 1 aromatic carbocycles. The van der Waals surface area contributed by atoms with Gasteiger partial charge in [0.25, 0.3) is 5.91 Å². The molecule has 0 unspecified atom stereocenters. The van der Waals surface area contributed by atoms with Crippen molar-refractivity contribution in [3.8, 4) is 5.75 Å². The van der Waals surface area contributed by atoms with Gasteiger partial charge in [0.05, 0.1) is 31.6 Å². The van der Waals surface area contributed by atoms with Crippen LogP contribution in [0.4, 0.5) is 0 Å². The van der Waals surface area contributed by atoms with Crippen LogP contribution in [0.2, 0.25) is 0 Å². The van der Waals surface area contributed by atoms with Gasteiger partial charge in [-0.2, -0.15) is 5.10 Å². The van der Waals surface area contributed by atoms with Crippen LogP contribution in [0.3, 0.4) is 0 Å². The molecule has 1 amide bonds. The van der Waals surface area contributed by atoms with Gasteiger partial charge in [-0.25, -0.2) is 0 Å². The molecule has 1 N–H and O–H groups in total. The second-order valence-electron chi connectivity index (χ2n) is 7.01. The lowest BCUT2D eigenvalue weighted by Gasteiger charge is -2.13. The van der Waals surface area contributed by atoms with Crippen molar-refractivity contribution in [1.82, 2.24) is 20.1 Å². The zero-order chi connectivity index (χ0) is 20.3. The Labute approximate surface area is 165 Å². The molecule has 6 nitrogen and oxygen atoms in total. The first-order chi connectivity index (χ1) is 13.4. The van der Waals surface area contributed by atoms with Crippen LogP contribution >= 0.6 is 0 Å². The number of aryl methyl sites for hydroxylation is 3. The van der Waals surface area contributed by atoms with Crippen molar-refractivity contribution in [2.24, 2.45) is 0 Å². The summed E-state index contributed by atoms with van der Waals surface area (Å²) in [6, 6.07) is 9.66. The molecule has 0 fully saturated rings. The molecule has 28 heavy (non-hydrogen) atoms. The molecule has 0 bridgehead atoms. The van der Waals surface area contributed by atoms with Crippen molar-refractivity contribution in [2.45, 2.75) is 40.8 Å². The number of hydrogen-bond acceptors (Lipinski definition) is 4. The molecular weight excluding hydrogens is 352 g/mol. The maximum absolute atomic E-state index is 12.5. The van der Waals surface area contributed by atoms with E-state index in [9.17, 15) is 4.79 Å². The Balaban J connectivity index is 1.64. The predicted octanol–water partition coefficient (Wildman–Crippen LogP) is 3.50. The molecule has 0 saturated carbocycles. The van der Waals surface area contributed by atoms with Gasteiger partial charge in [0.2, 0.25) is 0 Å². The first kappa shape index (κ1) is 19.6. The number of amides is 1. The highest BCUT2D eigenvalue weighted by Gasteiger charge is 2.12. The van der Waals surface area contributed by atoms with Gasteiger partial charge in [0.15, 0.2) is 0 Å². The highest BCUT2D eigenvalue weighted by atomic mass is 16.5. The summed E-state index contributed by atoms with van der Waals surface area (Å²) in [6.07, 6.45) is 1.76. The Hall–Kier alpha value is -3.15. The number of methoxy groups -OCH3 is 1. The molecule has 0 aliphatic carbocycles. The molecule has 0 radical (unpaired) electrons. The van der Waals surface area contributed by atoms with Crippen LogP contribution in [0.1, 0.15) is 44.1 Å². The normalized spacial score (nSPS) is 10.8. The summed E-state index contributed by atoms with van der Waals surface area (Å²) in [5.74, 6) is 0.686. The molecular formula is C22H26N4O2. The van der Waals surface area contributed by atoms with Crippen molar-refractivity contribution in [2.75, 3.05) is 7.11 Å². The average molecular weight is 378 g/mol. The van der Waals surface area contributed by atoms with E-state index in [1.165, 1.54) is 0 Å². The van der Waals surface area contributed by atoms with Crippen LogP contribution in [0.15, 0.2) is 36.5 Å². The maximum atomic E-state index is 12.5. The Morgan fingerprint density at radius 3 is 2.46 bits per heavy atom. The van der Waals surface area contributed by atoms with E-state index in [0.29, 0.717) is 18.7 Å². The lowest BCUT2D eigenvalue weighted by molar-refractivity contribution is 0.0950. The number of nitrogens with one attached hydrogen (secondary N) is 1. The molecule has 0 spiro atoms. The summed E-state index contributed by atoms with van der Waals surface area (Å²) in [4.78, 5) is 16.9. The maximum Gasteiger partial charge on any atom is 0.251 e. The number of rotatable bonds is 6. The highest BCUT2D eigenvalue weighted by Crippen LogP contribution is 2.23. The minimum absolute atomic E-state index is 0.126. The van der Waals surface area contributed by atoms with Crippen LogP contribution in [0.25, 0.3) is 0 Å². The van der Waals surface area contributed by atoms with Crippen LogP contribution in [-0.4, -0.2) is 27.8 Å². The van der Waals surface area contributed by atoms with E-state index < -0.39 is 0 Å². The number of aromatic nitrogens is 3. The van der Waals surface area contributed by atoms with Crippen molar-refractivity contribution < 1.29 is 9.53 Å². The van der Waals surface area contributed by atoms with Crippen LogP contribution in [0.5, 0.6) is 5.75 Å². The van der Waals surface area contributed by atoms with E-state index in [1.807, 2.05) is 56.6 Å². The summed E-state index contributed by atoms with van der Waals surface area (Å²) in [7, 11) is 1.64. The van der Waals surface area contributed by atoms with Crippen molar-refractivity contribution in [1.29, 1.82) is 0 Å². The summed E-state index contributed by atoms with van der Waals surface area (Å²) in [6.45, 7) is 8.97. The Morgan fingerprint density at radius 1 is 1.14 bits per heavy atom. The van der Waals surface area contributed by atoms with E-state index in [4.69, 9.17) is 4.74 Å². The van der Waals surface area contributed by atoms with E-state index in [2.05, 4.69) is 21.5 Å². The molecule has 3 aromatic rings. The molecule has 2 heterocycles. The number of benzene rings is 1. The third kappa shape index (κ3) is 4.22. The first-order valence-electron chi connectivity index (χ1n) is 9.26. The predicted molar refractivity (Wildman–Crippen MR) is 109 cm³/mol. The SMILES string of the molecule is COc1c(C)cnc(CNC(=O)c2ccc(Cn3nc(C)cc3C)cc2)c1C. The third-order valence-corrected chi connectivity index (χ3v) is 4.82. The first-order valence-corrected chi connectivity index (χ1v) is 9.26. The van der Waals surface area contributed by atoms with Gasteiger partial charge >= 0.3 is 0 Å². The summed E-state index contributed by atoms with van der Waals surface area (Å²) in [5, 5.41) is 7.41. The number of carbonyl (C=O) groups is 1. The van der Waals surface area contributed by atoms with Gasteiger partial charge in [-0.05, 0) is 51.5 Å². The van der Waals surface area contributed by atoms with Crippen molar-refractivity contribution in [3.63, 3.8) is 0 Å². The van der Waals surface area contributed by atoms with Gasteiger partial charge in [0, 0.05) is 28.6 Å². The largest absolute Gasteiger partial charge is 0.496 e. The average Bonchev–Trinajstić information content (AvgIpc) is 2.99. The second kappa shape index (κ2) is 8.25. The number of nitrogens with zero attached hydrogens (tertiary/aromatic N) is 3. The minimum atomic E-state index is -0.126. The van der Waals surface area contributed by atoms with E-state index in [1.54, 1.807) is 13.3 Å². The molecule has 146 valence electrons. The third-order valence-electron chi connectivity index (χ3n) is 4.82. The number of carbonyl (C=O) groups excluding carboxylic acids is 1.